The van der Waals surface area contributed by atoms with Crippen LogP contribution in [0.4, 0.5) is 0 Å². The van der Waals surface area contributed by atoms with Gasteiger partial charge in [-0.25, -0.2) is 0 Å². The van der Waals surface area contributed by atoms with E-state index in [-0.39, 0.29) is 41.9 Å². The highest BCUT2D eigenvalue weighted by Gasteiger charge is 2.33. The molecule has 25 heavy (non-hydrogen) atoms. The zero-order valence-electron chi connectivity index (χ0n) is 15.4. The van der Waals surface area contributed by atoms with Crippen molar-refractivity contribution in [2.75, 3.05) is 53.6 Å². The second-order valence-electron chi connectivity index (χ2n) is 6.98. The van der Waals surface area contributed by atoms with Gasteiger partial charge in [0.05, 0.1) is 6.61 Å². The summed E-state index contributed by atoms with van der Waals surface area (Å²) in [5.74, 6) is 1.48. The Kier molecular flexibility index (Phi) is 10.0. The molecule has 0 saturated carbocycles. The van der Waals surface area contributed by atoms with Gasteiger partial charge in [-0.3, -0.25) is 9.79 Å². The van der Waals surface area contributed by atoms with E-state index in [0.717, 1.165) is 51.3 Å². The first-order valence-electron chi connectivity index (χ1n) is 8.97. The molecule has 0 aliphatic carbocycles. The standard InChI is InChI=1S/C17H32N4O3.HI/c1-18-15(23)11-14-3-7-21(8-4-14)16(19-2)20-12-17(13-22)5-9-24-10-6-17;/h14,22H,3-13H2,1-2H3,(H,18,23)(H,19,20);1H. The number of carbonyl (C=O) groups excluding carboxylic acids is 1. The van der Waals surface area contributed by atoms with Crippen molar-refractivity contribution in [3.63, 3.8) is 0 Å². The Morgan fingerprint density at radius 2 is 1.96 bits per heavy atom. The number of hydrogen-bond acceptors (Lipinski definition) is 4. The number of halogens is 1. The number of rotatable bonds is 5. The lowest BCUT2D eigenvalue weighted by molar-refractivity contribution is -0.121. The molecule has 2 fully saturated rings. The van der Waals surface area contributed by atoms with E-state index in [0.29, 0.717) is 25.6 Å². The monoisotopic (exact) mass is 468 g/mol. The molecule has 2 aliphatic rings. The molecule has 0 unspecified atom stereocenters. The Labute approximate surface area is 168 Å². The molecule has 1 amide bonds. The van der Waals surface area contributed by atoms with E-state index in [1.807, 2.05) is 0 Å². The van der Waals surface area contributed by atoms with Crippen LogP contribution in [0.2, 0.25) is 0 Å². The third-order valence-corrected chi connectivity index (χ3v) is 5.39. The van der Waals surface area contributed by atoms with Crippen LogP contribution in [-0.4, -0.2) is 75.4 Å². The zero-order valence-corrected chi connectivity index (χ0v) is 17.8. The minimum Gasteiger partial charge on any atom is -0.396 e. The number of guanidine groups is 1. The third-order valence-electron chi connectivity index (χ3n) is 5.39. The number of piperidine rings is 1. The number of aliphatic hydroxyl groups is 1. The van der Waals surface area contributed by atoms with Crippen molar-refractivity contribution < 1.29 is 14.6 Å². The number of ether oxygens (including phenoxy) is 1. The first-order chi connectivity index (χ1) is 11.6. The maximum atomic E-state index is 11.5. The van der Waals surface area contributed by atoms with E-state index >= 15 is 0 Å². The first-order valence-corrected chi connectivity index (χ1v) is 8.97. The Balaban J connectivity index is 0.00000312. The van der Waals surface area contributed by atoms with Gasteiger partial charge >= 0.3 is 0 Å². The summed E-state index contributed by atoms with van der Waals surface area (Å²) in [7, 11) is 3.49. The molecule has 2 heterocycles. The highest BCUT2D eigenvalue weighted by atomic mass is 127. The van der Waals surface area contributed by atoms with Crippen molar-refractivity contribution in [1.82, 2.24) is 15.5 Å². The predicted octanol–water partition coefficient (Wildman–Crippen LogP) is 0.817. The van der Waals surface area contributed by atoms with Crippen molar-refractivity contribution in [1.29, 1.82) is 0 Å². The number of nitrogens with zero attached hydrogens (tertiary/aromatic N) is 2. The van der Waals surface area contributed by atoms with Crippen molar-refractivity contribution in [2.24, 2.45) is 16.3 Å². The molecule has 3 N–H and O–H groups in total. The molecule has 2 aliphatic heterocycles. The molecule has 0 aromatic carbocycles. The largest absolute Gasteiger partial charge is 0.396 e. The van der Waals surface area contributed by atoms with Gasteiger partial charge in [0.25, 0.3) is 0 Å². The van der Waals surface area contributed by atoms with Crippen molar-refractivity contribution >= 4 is 35.8 Å². The predicted molar refractivity (Wildman–Crippen MR) is 109 cm³/mol. The van der Waals surface area contributed by atoms with Crippen LogP contribution in [0.25, 0.3) is 0 Å². The number of amides is 1. The van der Waals surface area contributed by atoms with Gasteiger partial charge in [0.1, 0.15) is 0 Å². The summed E-state index contributed by atoms with van der Waals surface area (Å²) in [5.41, 5.74) is -0.105. The third kappa shape index (κ3) is 6.56. The fourth-order valence-corrected chi connectivity index (χ4v) is 3.51. The summed E-state index contributed by atoms with van der Waals surface area (Å²) in [6.07, 6.45) is 4.38. The van der Waals surface area contributed by atoms with Gasteiger partial charge in [-0.05, 0) is 31.6 Å². The molecule has 7 nitrogen and oxygen atoms in total. The highest BCUT2D eigenvalue weighted by molar-refractivity contribution is 14.0. The molecule has 0 aromatic heterocycles. The molecule has 0 radical (unpaired) electrons. The van der Waals surface area contributed by atoms with Gasteiger partial charge in [0, 0.05) is 58.8 Å². The zero-order chi connectivity index (χ0) is 17.4. The molecule has 8 heteroatoms. The Hall–Kier alpha value is -0.610. The van der Waals surface area contributed by atoms with Crippen molar-refractivity contribution in [3.8, 4) is 0 Å². The molecule has 0 aromatic rings. The van der Waals surface area contributed by atoms with Crippen molar-refractivity contribution in [3.05, 3.63) is 0 Å². The van der Waals surface area contributed by atoms with E-state index in [1.54, 1.807) is 14.1 Å². The summed E-state index contributed by atoms with van der Waals surface area (Å²) in [5, 5.41) is 15.9. The van der Waals surface area contributed by atoms with Gasteiger partial charge in [-0.2, -0.15) is 0 Å². The van der Waals surface area contributed by atoms with E-state index in [1.165, 1.54) is 0 Å². The van der Waals surface area contributed by atoms with Crippen LogP contribution in [0.3, 0.4) is 0 Å². The van der Waals surface area contributed by atoms with Gasteiger partial charge < -0.3 is 25.4 Å². The first kappa shape index (κ1) is 22.4. The van der Waals surface area contributed by atoms with Crippen molar-refractivity contribution in [2.45, 2.75) is 32.1 Å². The lowest BCUT2D eigenvalue weighted by atomic mass is 9.81. The number of aliphatic imine (C=N–C) groups is 1. The van der Waals surface area contributed by atoms with Gasteiger partial charge in [0.2, 0.25) is 5.91 Å². The van der Waals surface area contributed by atoms with Crippen LogP contribution in [0.15, 0.2) is 4.99 Å². The Morgan fingerprint density at radius 1 is 1.32 bits per heavy atom. The summed E-state index contributed by atoms with van der Waals surface area (Å²) < 4.78 is 5.42. The summed E-state index contributed by atoms with van der Waals surface area (Å²) >= 11 is 0. The molecule has 0 bridgehead atoms. The van der Waals surface area contributed by atoms with Gasteiger partial charge in [0.15, 0.2) is 5.96 Å². The van der Waals surface area contributed by atoms with Gasteiger partial charge in [-0.15, -0.1) is 24.0 Å². The van der Waals surface area contributed by atoms with Crippen LogP contribution in [0, 0.1) is 11.3 Å². The number of hydrogen-bond donors (Lipinski definition) is 3. The van der Waals surface area contributed by atoms with E-state index < -0.39 is 0 Å². The van der Waals surface area contributed by atoms with Crippen LogP contribution >= 0.6 is 24.0 Å². The molecule has 2 saturated heterocycles. The number of aliphatic hydroxyl groups excluding tert-OH is 1. The molecule has 0 atom stereocenters. The normalized spacial score (nSPS) is 21.4. The SMILES string of the molecule is CN=C(NCC1(CO)CCOCC1)N1CCC(CC(=O)NC)CC1.I. The lowest BCUT2D eigenvalue weighted by Crippen LogP contribution is -2.50. The molecule has 0 spiro atoms. The summed E-state index contributed by atoms with van der Waals surface area (Å²) in [6.45, 7) is 4.15. The quantitative estimate of drug-likeness (QED) is 0.316. The Bertz CT molecular complexity index is 434. The van der Waals surface area contributed by atoms with Crippen LogP contribution in [0.5, 0.6) is 0 Å². The molecule has 146 valence electrons. The number of nitrogens with one attached hydrogen (secondary N) is 2. The molecule has 2 rings (SSSR count). The average molecular weight is 468 g/mol. The maximum Gasteiger partial charge on any atom is 0.220 e. The minimum atomic E-state index is -0.105. The molecular formula is C17H33IN4O3. The average Bonchev–Trinajstić information content (AvgIpc) is 2.64. The fraction of sp³-hybridized carbons (Fsp3) is 0.882. The second-order valence-corrected chi connectivity index (χ2v) is 6.98. The van der Waals surface area contributed by atoms with Crippen LogP contribution < -0.4 is 10.6 Å². The van der Waals surface area contributed by atoms with E-state index in [4.69, 9.17) is 4.74 Å². The van der Waals surface area contributed by atoms with Crippen LogP contribution in [-0.2, 0) is 9.53 Å². The summed E-state index contributed by atoms with van der Waals surface area (Å²) in [4.78, 5) is 18.2. The number of carbonyl (C=O) groups is 1. The second kappa shape index (κ2) is 11.2. The topological polar surface area (TPSA) is 86.2 Å². The maximum absolute atomic E-state index is 11.5. The Morgan fingerprint density at radius 3 is 2.48 bits per heavy atom. The lowest BCUT2D eigenvalue weighted by Gasteiger charge is -2.38. The minimum absolute atomic E-state index is 0. The fourth-order valence-electron chi connectivity index (χ4n) is 3.51. The van der Waals surface area contributed by atoms with E-state index in [9.17, 15) is 9.90 Å². The van der Waals surface area contributed by atoms with Crippen LogP contribution in [0.1, 0.15) is 32.1 Å². The smallest absolute Gasteiger partial charge is 0.220 e. The van der Waals surface area contributed by atoms with Gasteiger partial charge in [-0.1, -0.05) is 0 Å². The summed E-state index contributed by atoms with van der Waals surface area (Å²) in [6, 6.07) is 0. The molecular weight excluding hydrogens is 435 g/mol. The van der Waals surface area contributed by atoms with E-state index in [2.05, 4.69) is 20.5 Å². The number of likely N-dealkylation sites (tertiary alicyclic amines) is 1. The highest BCUT2D eigenvalue weighted by Crippen LogP contribution is 2.29.